The van der Waals surface area contributed by atoms with Gasteiger partial charge in [0.15, 0.2) is 0 Å². The Bertz CT molecular complexity index is 752. The van der Waals surface area contributed by atoms with E-state index in [-0.39, 0.29) is 16.8 Å². The molecule has 0 saturated carbocycles. The summed E-state index contributed by atoms with van der Waals surface area (Å²) in [5.41, 5.74) is 1.56. The molecule has 1 amide bonds. The van der Waals surface area contributed by atoms with E-state index >= 15 is 0 Å². The summed E-state index contributed by atoms with van der Waals surface area (Å²) in [6.07, 6.45) is 3.45. The smallest absolute Gasteiger partial charge is 0.251 e. The van der Waals surface area contributed by atoms with Crippen LogP contribution in [0.5, 0.6) is 0 Å². The Hall–Kier alpha value is -1.70. The molecule has 2 heterocycles. The third kappa shape index (κ3) is 3.68. The van der Waals surface area contributed by atoms with Crippen LogP contribution >= 0.6 is 0 Å². The number of hydrogen-bond donors (Lipinski definition) is 1. The Balaban J connectivity index is 1.78. The zero-order valence-corrected chi connectivity index (χ0v) is 14.5. The normalized spacial score (nSPS) is 22.2. The van der Waals surface area contributed by atoms with Crippen LogP contribution < -0.4 is 5.32 Å². The Morgan fingerprint density at radius 2 is 2.21 bits per heavy atom. The lowest BCUT2D eigenvalue weighted by Gasteiger charge is -2.25. The number of nitrogens with one attached hydrogen (secondary N) is 1. The van der Waals surface area contributed by atoms with E-state index in [2.05, 4.69) is 5.32 Å². The molecule has 6 nitrogen and oxygen atoms in total. The molecule has 1 atom stereocenters. The Morgan fingerprint density at radius 3 is 2.88 bits per heavy atom. The molecule has 1 N–H and O–H groups in total. The summed E-state index contributed by atoms with van der Waals surface area (Å²) in [6, 6.07) is 6.22. The second-order valence-electron chi connectivity index (χ2n) is 6.23. The molecule has 130 valence electrons. The van der Waals surface area contributed by atoms with E-state index in [0.29, 0.717) is 31.9 Å². The SMILES string of the molecule is CC1=CCN(S(=O)(=O)c2cccc(C(=O)N[C@@H]3CCOC3)c2)CC1. The van der Waals surface area contributed by atoms with Crippen molar-refractivity contribution in [2.45, 2.75) is 30.7 Å². The molecule has 1 saturated heterocycles. The number of amides is 1. The number of hydrogen-bond acceptors (Lipinski definition) is 4. The van der Waals surface area contributed by atoms with E-state index in [1.165, 1.54) is 22.0 Å². The van der Waals surface area contributed by atoms with Crippen LogP contribution in [0.4, 0.5) is 0 Å². The summed E-state index contributed by atoms with van der Waals surface area (Å²) in [5.74, 6) is -0.267. The molecule has 2 aliphatic heterocycles. The van der Waals surface area contributed by atoms with Gasteiger partial charge in [0, 0.05) is 25.3 Å². The van der Waals surface area contributed by atoms with E-state index in [0.717, 1.165) is 12.8 Å². The van der Waals surface area contributed by atoms with Gasteiger partial charge in [-0.1, -0.05) is 17.7 Å². The van der Waals surface area contributed by atoms with Crippen molar-refractivity contribution in [3.05, 3.63) is 41.5 Å². The third-order valence-electron chi connectivity index (χ3n) is 4.40. The monoisotopic (exact) mass is 350 g/mol. The Kier molecular flexibility index (Phi) is 5.03. The standard InChI is InChI=1S/C17H22N2O4S/c1-13-5-8-19(9-6-13)24(21,22)16-4-2-3-14(11-16)17(20)18-15-7-10-23-12-15/h2-5,11,15H,6-10,12H2,1H3,(H,18,20)/t15-/m1/s1. The summed E-state index contributed by atoms with van der Waals surface area (Å²) in [5, 5.41) is 2.88. The van der Waals surface area contributed by atoms with E-state index in [4.69, 9.17) is 4.74 Å². The zero-order valence-electron chi connectivity index (χ0n) is 13.7. The first-order chi connectivity index (χ1) is 11.5. The highest BCUT2D eigenvalue weighted by molar-refractivity contribution is 7.89. The molecule has 1 aromatic carbocycles. The summed E-state index contributed by atoms with van der Waals surface area (Å²) < 4.78 is 32.2. The van der Waals surface area contributed by atoms with Crippen molar-refractivity contribution in [3.63, 3.8) is 0 Å². The first kappa shape index (κ1) is 17.1. The topological polar surface area (TPSA) is 75.7 Å². The van der Waals surface area contributed by atoms with Crippen molar-refractivity contribution >= 4 is 15.9 Å². The minimum absolute atomic E-state index is 0.00651. The average Bonchev–Trinajstić information content (AvgIpc) is 3.08. The number of carbonyl (C=O) groups excluding carboxylic acids is 1. The molecular formula is C17H22N2O4S. The number of rotatable bonds is 4. The maximum atomic E-state index is 12.8. The molecular weight excluding hydrogens is 328 g/mol. The van der Waals surface area contributed by atoms with Crippen LogP contribution in [0.25, 0.3) is 0 Å². The van der Waals surface area contributed by atoms with Gasteiger partial charge in [-0.3, -0.25) is 4.79 Å². The van der Waals surface area contributed by atoms with Crippen molar-refractivity contribution in [2.75, 3.05) is 26.3 Å². The van der Waals surface area contributed by atoms with Crippen molar-refractivity contribution in [3.8, 4) is 0 Å². The largest absolute Gasteiger partial charge is 0.379 e. The number of ether oxygens (including phenoxy) is 1. The second-order valence-corrected chi connectivity index (χ2v) is 8.16. The molecule has 0 unspecified atom stereocenters. The van der Waals surface area contributed by atoms with Crippen LogP contribution in [0, 0.1) is 0 Å². The molecule has 0 aromatic heterocycles. The molecule has 0 spiro atoms. The Labute approximate surface area is 142 Å². The molecule has 1 fully saturated rings. The molecule has 0 aliphatic carbocycles. The van der Waals surface area contributed by atoms with Crippen LogP contribution in [0.2, 0.25) is 0 Å². The fourth-order valence-corrected chi connectivity index (χ4v) is 4.26. The molecule has 2 aliphatic rings. The van der Waals surface area contributed by atoms with E-state index < -0.39 is 10.0 Å². The van der Waals surface area contributed by atoms with E-state index in [9.17, 15) is 13.2 Å². The highest BCUT2D eigenvalue weighted by Crippen LogP contribution is 2.21. The molecule has 24 heavy (non-hydrogen) atoms. The van der Waals surface area contributed by atoms with Crippen molar-refractivity contribution in [1.29, 1.82) is 0 Å². The fraction of sp³-hybridized carbons (Fsp3) is 0.471. The minimum Gasteiger partial charge on any atom is -0.379 e. The average molecular weight is 350 g/mol. The van der Waals surface area contributed by atoms with Gasteiger partial charge in [0.1, 0.15) is 0 Å². The van der Waals surface area contributed by atoms with E-state index in [1.807, 2.05) is 13.0 Å². The highest BCUT2D eigenvalue weighted by Gasteiger charge is 2.26. The van der Waals surface area contributed by atoms with Gasteiger partial charge in [-0.15, -0.1) is 0 Å². The summed E-state index contributed by atoms with van der Waals surface area (Å²) in [4.78, 5) is 12.5. The van der Waals surface area contributed by atoms with Gasteiger partial charge in [0.2, 0.25) is 10.0 Å². The predicted octanol–water partition coefficient (Wildman–Crippen LogP) is 1.55. The van der Waals surface area contributed by atoms with Gasteiger partial charge in [0.25, 0.3) is 5.91 Å². The van der Waals surface area contributed by atoms with Crippen molar-refractivity contribution < 1.29 is 17.9 Å². The van der Waals surface area contributed by atoms with Crippen LogP contribution in [-0.2, 0) is 14.8 Å². The molecule has 1 aromatic rings. The summed E-state index contributed by atoms with van der Waals surface area (Å²) in [7, 11) is -3.58. The molecule has 3 rings (SSSR count). The van der Waals surface area contributed by atoms with Crippen molar-refractivity contribution in [1.82, 2.24) is 9.62 Å². The fourth-order valence-electron chi connectivity index (χ4n) is 2.83. The number of carbonyl (C=O) groups is 1. The molecule has 7 heteroatoms. The molecule has 0 radical (unpaired) electrons. The lowest BCUT2D eigenvalue weighted by Crippen LogP contribution is -2.36. The van der Waals surface area contributed by atoms with Gasteiger partial charge in [-0.05, 0) is 38.0 Å². The predicted molar refractivity (Wildman–Crippen MR) is 90.3 cm³/mol. The third-order valence-corrected chi connectivity index (χ3v) is 6.26. The summed E-state index contributed by atoms with van der Waals surface area (Å²) >= 11 is 0. The highest BCUT2D eigenvalue weighted by atomic mass is 32.2. The minimum atomic E-state index is -3.58. The van der Waals surface area contributed by atoms with Crippen LogP contribution in [0.15, 0.2) is 40.8 Å². The van der Waals surface area contributed by atoms with E-state index in [1.54, 1.807) is 12.1 Å². The van der Waals surface area contributed by atoms with Gasteiger partial charge < -0.3 is 10.1 Å². The van der Waals surface area contributed by atoms with Gasteiger partial charge in [0.05, 0.1) is 17.5 Å². The van der Waals surface area contributed by atoms with Crippen LogP contribution in [0.3, 0.4) is 0 Å². The number of sulfonamides is 1. The van der Waals surface area contributed by atoms with Crippen LogP contribution in [0.1, 0.15) is 30.1 Å². The van der Waals surface area contributed by atoms with Crippen molar-refractivity contribution in [2.24, 2.45) is 0 Å². The number of benzene rings is 1. The summed E-state index contributed by atoms with van der Waals surface area (Å²) in [6.45, 7) is 4.00. The van der Waals surface area contributed by atoms with Crippen LogP contribution in [-0.4, -0.2) is 51.0 Å². The maximum absolute atomic E-state index is 12.8. The first-order valence-corrected chi connectivity index (χ1v) is 9.55. The Morgan fingerprint density at radius 1 is 1.38 bits per heavy atom. The maximum Gasteiger partial charge on any atom is 0.251 e. The molecule has 0 bridgehead atoms. The zero-order chi connectivity index (χ0) is 17.2. The second kappa shape index (κ2) is 7.04. The van der Waals surface area contributed by atoms with Gasteiger partial charge in [-0.2, -0.15) is 4.31 Å². The van der Waals surface area contributed by atoms with Gasteiger partial charge in [-0.25, -0.2) is 8.42 Å². The first-order valence-electron chi connectivity index (χ1n) is 8.11. The lowest BCUT2D eigenvalue weighted by atomic mass is 10.1. The van der Waals surface area contributed by atoms with Gasteiger partial charge >= 0.3 is 0 Å². The quantitative estimate of drug-likeness (QED) is 0.836. The number of nitrogens with zero attached hydrogens (tertiary/aromatic N) is 1. The lowest BCUT2D eigenvalue weighted by molar-refractivity contribution is 0.0929.